The quantitative estimate of drug-likeness (QED) is 0.355. The van der Waals surface area contributed by atoms with Crippen molar-refractivity contribution in [2.24, 2.45) is 0 Å². The van der Waals surface area contributed by atoms with Crippen molar-refractivity contribution < 1.29 is 23.9 Å². The van der Waals surface area contributed by atoms with Crippen LogP contribution >= 0.6 is 0 Å². The van der Waals surface area contributed by atoms with Crippen LogP contribution in [0.25, 0.3) is 0 Å². The van der Waals surface area contributed by atoms with E-state index < -0.39 is 11.9 Å². The Morgan fingerprint density at radius 3 is 2.73 bits per heavy atom. The van der Waals surface area contributed by atoms with E-state index in [0.29, 0.717) is 18.5 Å². The fraction of sp³-hybridized carbons (Fsp3) is 0.516. The number of rotatable bonds is 10. The third-order valence-corrected chi connectivity index (χ3v) is 8.24. The summed E-state index contributed by atoms with van der Waals surface area (Å²) in [5.74, 6) is -0.126. The van der Waals surface area contributed by atoms with Gasteiger partial charge in [-0.25, -0.2) is 0 Å². The number of nitrogens with one attached hydrogen (secondary N) is 1. The predicted molar refractivity (Wildman–Crippen MR) is 152 cm³/mol. The van der Waals surface area contributed by atoms with E-state index in [1.54, 1.807) is 11.0 Å². The molecule has 3 fully saturated rings. The Balaban J connectivity index is 1.29. The zero-order chi connectivity index (χ0) is 28.2. The Bertz CT molecular complexity index is 1200. The molecule has 1 unspecified atom stereocenters. The van der Waals surface area contributed by atoms with Crippen molar-refractivity contribution in [2.45, 2.75) is 63.9 Å². The third-order valence-electron chi connectivity index (χ3n) is 8.24. The van der Waals surface area contributed by atoms with Gasteiger partial charge in [0.1, 0.15) is 17.9 Å². The lowest BCUT2D eigenvalue weighted by atomic mass is 9.95. The van der Waals surface area contributed by atoms with Crippen LogP contribution in [0.2, 0.25) is 0 Å². The van der Waals surface area contributed by atoms with Gasteiger partial charge in [-0.05, 0) is 50.5 Å². The number of hydrogen-bond donors (Lipinski definition) is 1. The van der Waals surface area contributed by atoms with Gasteiger partial charge in [-0.1, -0.05) is 36.5 Å². The number of allylic oxidation sites excluding steroid dienone is 4. The minimum atomic E-state index is -0.624. The molecule has 1 N–H and O–H groups in total. The summed E-state index contributed by atoms with van der Waals surface area (Å²) in [6.45, 7) is 13.5. The third kappa shape index (κ3) is 6.22. The molecule has 9 nitrogen and oxygen atoms in total. The Labute approximate surface area is 236 Å². The monoisotopic (exact) mass is 548 g/mol. The first-order valence-corrected chi connectivity index (χ1v) is 14.3. The molecule has 5 rings (SSSR count). The van der Waals surface area contributed by atoms with E-state index in [9.17, 15) is 14.4 Å². The maximum absolute atomic E-state index is 13.1. The minimum absolute atomic E-state index is 0.0331. The first kappa shape index (κ1) is 28.3. The normalized spacial score (nSPS) is 26.6. The number of carbonyl (C=O) groups excluding carboxylic acids is 3. The molecule has 0 aromatic heterocycles. The Kier molecular flexibility index (Phi) is 8.83. The van der Waals surface area contributed by atoms with E-state index in [2.05, 4.69) is 34.7 Å². The number of benzene rings is 1. The van der Waals surface area contributed by atoms with Crippen molar-refractivity contribution >= 4 is 17.7 Å². The summed E-state index contributed by atoms with van der Waals surface area (Å²) in [4.78, 5) is 43.6. The molecule has 3 saturated heterocycles. The maximum Gasteiger partial charge on any atom is 0.255 e. The number of hydrogen-bond acceptors (Lipinski definition) is 7. The van der Waals surface area contributed by atoms with Crippen LogP contribution in [0.3, 0.4) is 0 Å². The highest BCUT2D eigenvalue weighted by Crippen LogP contribution is 2.32. The van der Waals surface area contributed by atoms with E-state index in [-0.39, 0.29) is 36.5 Å². The number of amides is 3. The van der Waals surface area contributed by atoms with Gasteiger partial charge < -0.3 is 14.4 Å². The van der Waals surface area contributed by atoms with E-state index in [1.165, 1.54) is 5.57 Å². The largest absolute Gasteiger partial charge is 0.487 e. The summed E-state index contributed by atoms with van der Waals surface area (Å²) in [6.07, 6.45) is 9.69. The van der Waals surface area contributed by atoms with E-state index >= 15 is 0 Å². The Morgan fingerprint density at radius 1 is 1.15 bits per heavy atom. The molecule has 0 radical (unpaired) electrons. The first-order valence-electron chi connectivity index (χ1n) is 14.3. The SMILES string of the molecule is C=C/C=C\C=C(/C)CN1CC[C@H](N2CC(OCC)C2)[C@@H](Oc2ccc3c(c2)CN(C2CCC(=O)NC2=O)C3=O)C1. The lowest BCUT2D eigenvalue weighted by Gasteiger charge is -2.49. The second kappa shape index (κ2) is 12.5. The van der Waals surface area contributed by atoms with Crippen molar-refractivity contribution in [1.82, 2.24) is 20.0 Å². The molecule has 4 aliphatic heterocycles. The summed E-state index contributed by atoms with van der Waals surface area (Å²) < 4.78 is 12.5. The lowest BCUT2D eigenvalue weighted by Crippen LogP contribution is -2.64. The lowest BCUT2D eigenvalue weighted by molar-refractivity contribution is -0.136. The molecule has 0 spiro atoms. The molecule has 0 saturated carbocycles. The second-order valence-corrected chi connectivity index (χ2v) is 11.1. The number of fused-ring (bicyclic) bond motifs is 1. The van der Waals surface area contributed by atoms with Gasteiger partial charge in [-0.2, -0.15) is 0 Å². The number of nitrogens with zero attached hydrogens (tertiary/aromatic N) is 3. The highest BCUT2D eigenvalue weighted by atomic mass is 16.5. The van der Waals surface area contributed by atoms with Gasteiger partial charge in [0.25, 0.3) is 5.91 Å². The van der Waals surface area contributed by atoms with Gasteiger partial charge >= 0.3 is 0 Å². The highest BCUT2D eigenvalue weighted by molar-refractivity contribution is 6.05. The van der Waals surface area contributed by atoms with Crippen molar-refractivity contribution in [3.8, 4) is 5.75 Å². The van der Waals surface area contributed by atoms with Crippen LogP contribution in [0, 0.1) is 0 Å². The van der Waals surface area contributed by atoms with E-state index in [1.807, 2.05) is 37.3 Å². The fourth-order valence-corrected chi connectivity index (χ4v) is 6.23. The van der Waals surface area contributed by atoms with Crippen LogP contribution in [0.15, 0.2) is 54.7 Å². The van der Waals surface area contributed by atoms with Gasteiger partial charge in [0.2, 0.25) is 11.8 Å². The molecule has 4 heterocycles. The standard InChI is InChI=1S/C31H40N4O5/c1-4-6-7-8-21(3)16-33-14-13-26(34-18-24(19-34)39-5-2)28(20-33)40-23-9-10-25-22(15-23)17-35(31(25)38)27-11-12-29(36)32-30(27)37/h4,6-10,15,24,26-28H,1,5,11-14,16-20H2,2-3H3,(H,32,36,37)/b7-6-,21-8+/t26-,27?,28-/m0/s1. The topological polar surface area (TPSA) is 91.4 Å². The molecule has 1 aromatic carbocycles. The van der Waals surface area contributed by atoms with Crippen LogP contribution in [0.5, 0.6) is 5.75 Å². The zero-order valence-corrected chi connectivity index (χ0v) is 23.5. The number of piperidine rings is 2. The molecule has 40 heavy (non-hydrogen) atoms. The van der Waals surface area contributed by atoms with Crippen molar-refractivity contribution in [3.05, 3.63) is 65.8 Å². The molecule has 3 atom stereocenters. The van der Waals surface area contributed by atoms with Crippen LogP contribution in [0.4, 0.5) is 0 Å². The number of imide groups is 1. The van der Waals surface area contributed by atoms with E-state index in [0.717, 1.165) is 57.1 Å². The molecule has 0 aliphatic carbocycles. The summed E-state index contributed by atoms with van der Waals surface area (Å²) in [5.41, 5.74) is 2.72. The van der Waals surface area contributed by atoms with Crippen LogP contribution in [0.1, 0.15) is 49.0 Å². The molecule has 3 amide bonds. The molecule has 0 bridgehead atoms. The molecular weight excluding hydrogens is 508 g/mol. The highest BCUT2D eigenvalue weighted by Gasteiger charge is 2.42. The molecule has 9 heteroatoms. The van der Waals surface area contributed by atoms with Crippen molar-refractivity contribution in [1.29, 1.82) is 0 Å². The van der Waals surface area contributed by atoms with Crippen molar-refractivity contribution in [3.63, 3.8) is 0 Å². The number of ether oxygens (including phenoxy) is 2. The molecule has 214 valence electrons. The zero-order valence-electron chi connectivity index (χ0n) is 23.5. The van der Waals surface area contributed by atoms with Crippen LogP contribution in [-0.4, -0.2) is 96.0 Å². The second-order valence-electron chi connectivity index (χ2n) is 11.1. The Hall–Kier alpha value is -3.27. The summed E-state index contributed by atoms with van der Waals surface area (Å²) in [5, 5.41) is 2.36. The fourth-order valence-electron chi connectivity index (χ4n) is 6.23. The molecule has 4 aliphatic rings. The number of likely N-dealkylation sites (tertiary alicyclic amines) is 2. The van der Waals surface area contributed by atoms with Gasteiger partial charge in [0.15, 0.2) is 0 Å². The summed E-state index contributed by atoms with van der Waals surface area (Å²) in [7, 11) is 0. The van der Waals surface area contributed by atoms with Crippen LogP contribution < -0.4 is 10.1 Å². The average molecular weight is 549 g/mol. The van der Waals surface area contributed by atoms with Crippen molar-refractivity contribution in [2.75, 3.05) is 39.3 Å². The van der Waals surface area contributed by atoms with Gasteiger partial charge in [-0.3, -0.25) is 29.5 Å². The minimum Gasteiger partial charge on any atom is -0.487 e. The molecule has 1 aromatic rings. The summed E-state index contributed by atoms with van der Waals surface area (Å²) in [6, 6.07) is 5.28. The van der Waals surface area contributed by atoms with Gasteiger partial charge in [0, 0.05) is 63.9 Å². The van der Waals surface area contributed by atoms with Gasteiger partial charge in [-0.15, -0.1) is 0 Å². The van der Waals surface area contributed by atoms with E-state index in [4.69, 9.17) is 9.47 Å². The summed E-state index contributed by atoms with van der Waals surface area (Å²) >= 11 is 0. The Morgan fingerprint density at radius 2 is 1.98 bits per heavy atom. The first-order chi connectivity index (χ1) is 19.4. The maximum atomic E-state index is 13.1. The van der Waals surface area contributed by atoms with Crippen LogP contribution in [-0.2, 0) is 20.9 Å². The predicted octanol–water partition coefficient (Wildman–Crippen LogP) is 2.68. The smallest absolute Gasteiger partial charge is 0.255 e. The van der Waals surface area contributed by atoms with Gasteiger partial charge in [0.05, 0.1) is 6.10 Å². The average Bonchev–Trinajstić information content (AvgIpc) is 3.22. The molecular formula is C31H40N4O5. The number of carbonyl (C=O) groups is 3.